The molecule has 0 saturated heterocycles. The summed E-state index contributed by atoms with van der Waals surface area (Å²) in [6.45, 7) is 4.43. The van der Waals surface area contributed by atoms with Gasteiger partial charge in [0.15, 0.2) is 0 Å². The zero-order chi connectivity index (χ0) is 13.9. The molecule has 2 heteroatoms. The van der Waals surface area contributed by atoms with Gasteiger partial charge >= 0.3 is 0 Å². The molecule has 0 amide bonds. The summed E-state index contributed by atoms with van der Waals surface area (Å²) in [5.41, 5.74) is -1.22. The number of hydrogen-bond donors (Lipinski definition) is 1. The maximum Gasteiger partial charge on any atom is 0.0862 e. The topological polar surface area (TPSA) is 44.0 Å². The fourth-order valence-electron chi connectivity index (χ4n) is 4.49. The maximum absolute atomic E-state index is 11.3. The van der Waals surface area contributed by atoms with E-state index in [1.807, 2.05) is 0 Å². The molecule has 2 aliphatic rings. The van der Waals surface area contributed by atoms with Crippen molar-refractivity contribution in [2.75, 3.05) is 0 Å². The van der Waals surface area contributed by atoms with Crippen molar-refractivity contribution in [3.05, 3.63) is 0 Å². The van der Waals surface area contributed by atoms with Gasteiger partial charge in [-0.05, 0) is 43.9 Å². The van der Waals surface area contributed by atoms with Gasteiger partial charge in [0.25, 0.3) is 0 Å². The van der Waals surface area contributed by atoms with Crippen LogP contribution in [0.4, 0.5) is 0 Å². The van der Waals surface area contributed by atoms with E-state index in [9.17, 15) is 10.4 Å². The zero-order valence-electron chi connectivity index (χ0n) is 12.6. The maximum atomic E-state index is 11.3. The third kappa shape index (κ3) is 2.68. The quantitative estimate of drug-likeness (QED) is 0.760. The van der Waals surface area contributed by atoms with Crippen molar-refractivity contribution in [2.24, 2.45) is 17.3 Å². The molecule has 2 fully saturated rings. The first-order valence-electron chi connectivity index (χ1n) is 8.18. The lowest BCUT2D eigenvalue weighted by molar-refractivity contribution is -0.135. The molecule has 0 aromatic carbocycles. The summed E-state index contributed by atoms with van der Waals surface area (Å²) in [5, 5.41) is 21.2. The van der Waals surface area contributed by atoms with E-state index in [2.05, 4.69) is 19.9 Å². The lowest BCUT2D eigenvalue weighted by Crippen LogP contribution is -2.54. The Kier molecular flexibility index (Phi) is 4.56. The van der Waals surface area contributed by atoms with E-state index in [1.165, 1.54) is 19.3 Å². The smallest absolute Gasteiger partial charge is 0.0862 e. The van der Waals surface area contributed by atoms with Gasteiger partial charge in [0.05, 0.1) is 17.1 Å². The first-order chi connectivity index (χ1) is 9.04. The Bertz CT molecular complexity index is 338. The molecule has 108 valence electrons. The van der Waals surface area contributed by atoms with Crippen molar-refractivity contribution in [3.63, 3.8) is 0 Å². The van der Waals surface area contributed by atoms with Crippen LogP contribution in [0.1, 0.15) is 78.1 Å². The van der Waals surface area contributed by atoms with Crippen LogP contribution in [0.3, 0.4) is 0 Å². The fraction of sp³-hybridized carbons (Fsp3) is 0.941. The van der Waals surface area contributed by atoms with Crippen molar-refractivity contribution < 1.29 is 5.11 Å². The molecule has 2 nitrogen and oxygen atoms in total. The Balaban J connectivity index is 2.25. The second-order valence-electron chi connectivity index (χ2n) is 7.17. The Hall–Kier alpha value is -0.550. The number of nitrogens with zero attached hydrogens (tertiary/aromatic N) is 1. The Morgan fingerprint density at radius 2 is 1.58 bits per heavy atom. The van der Waals surface area contributed by atoms with Gasteiger partial charge in [0, 0.05) is 0 Å². The molecular formula is C17H29NO. The highest BCUT2D eigenvalue weighted by atomic mass is 16.3. The highest BCUT2D eigenvalue weighted by Gasteiger charge is 2.54. The zero-order valence-corrected chi connectivity index (χ0v) is 12.6. The lowest BCUT2D eigenvalue weighted by atomic mass is 9.56. The minimum atomic E-state index is -0.744. The third-order valence-electron chi connectivity index (χ3n) is 5.84. The number of hydrogen-bond acceptors (Lipinski definition) is 2. The average molecular weight is 263 g/mol. The molecule has 0 aliphatic heterocycles. The highest BCUT2D eigenvalue weighted by molar-refractivity contribution is 5.14. The first kappa shape index (κ1) is 14.9. The summed E-state index contributed by atoms with van der Waals surface area (Å²) in [4.78, 5) is 0. The van der Waals surface area contributed by atoms with Crippen molar-refractivity contribution in [3.8, 4) is 6.07 Å². The summed E-state index contributed by atoms with van der Waals surface area (Å²) >= 11 is 0. The molecule has 2 saturated carbocycles. The van der Waals surface area contributed by atoms with E-state index in [1.54, 1.807) is 0 Å². The molecule has 0 aromatic rings. The van der Waals surface area contributed by atoms with Crippen LogP contribution >= 0.6 is 0 Å². The molecule has 0 bridgehead atoms. The Morgan fingerprint density at radius 3 is 2.11 bits per heavy atom. The number of aliphatic hydroxyl groups is 1. The van der Waals surface area contributed by atoms with Gasteiger partial charge in [0.2, 0.25) is 0 Å². The largest absolute Gasteiger partial charge is 0.388 e. The van der Waals surface area contributed by atoms with Crippen LogP contribution < -0.4 is 0 Å². The van der Waals surface area contributed by atoms with Gasteiger partial charge < -0.3 is 5.11 Å². The van der Waals surface area contributed by atoms with Crippen LogP contribution in [0.2, 0.25) is 0 Å². The van der Waals surface area contributed by atoms with E-state index >= 15 is 0 Å². The Labute approximate surface area is 118 Å². The summed E-state index contributed by atoms with van der Waals surface area (Å²) in [6.07, 6.45) is 10.7. The molecular weight excluding hydrogens is 234 g/mol. The van der Waals surface area contributed by atoms with Gasteiger partial charge in [-0.1, -0.05) is 46.0 Å². The van der Waals surface area contributed by atoms with Crippen molar-refractivity contribution in [2.45, 2.75) is 83.7 Å². The van der Waals surface area contributed by atoms with Crippen LogP contribution in [0.5, 0.6) is 0 Å². The lowest BCUT2D eigenvalue weighted by Gasteiger charge is -2.51. The van der Waals surface area contributed by atoms with Gasteiger partial charge in [-0.2, -0.15) is 5.26 Å². The summed E-state index contributed by atoms with van der Waals surface area (Å²) in [7, 11) is 0. The average Bonchev–Trinajstić information content (AvgIpc) is 2.35. The van der Waals surface area contributed by atoms with Crippen LogP contribution in [0, 0.1) is 28.6 Å². The standard InChI is InChI=1S/C17H29NO/c1-14-8-11-17(19,15(2)12-14)16(13-18)9-6-4-3-5-7-10-16/h14-15,19H,3-12H2,1-2H3. The number of rotatable bonds is 1. The van der Waals surface area contributed by atoms with Crippen molar-refractivity contribution in [1.82, 2.24) is 0 Å². The molecule has 0 heterocycles. The highest BCUT2D eigenvalue weighted by Crippen LogP contribution is 2.52. The van der Waals surface area contributed by atoms with E-state index in [0.717, 1.165) is 44.9 Å². The minimum Gasteiger partial charge on any atom is -0.388 e. The SMILES string of the molecule is CC1CCC(O)(C2(C#N)CCCCCCC2)C(C)C1. The summed E-state index contributed by atoms with van der Waals surface area (Å²) < 4.78 is 0. The molecule has 3 atom stereocenters. The Morgan fingerprint density at radius 1 is 1.00 bits per heavy atom. The van der Waals surface area contributed by atoms with E-state index < -0.39 is 11.0 Å². The summed E-state index contributed by atoms with van der Waals surface area (Å²) in [5.74, 6) is 0.954. The second kappa shape index (κ2) is 5.83. The van der Waals surface area contributed by atoms with Gasteiger partial charge in [-0.25, -0.2) is 0 Å². The monoisotopic (exact) mass is 263 g/mol. The second-order valence-corrected chi connectivity index (χ2v) is 7.17. The minimum absolute atomic E-state index is 0.260. The molecule has 2 rings (SSSR count). The molecule has 1 N–H and O–H groups in total. The van der Waals surface area contributed by atoms with Gasteiger partial charge in [-0.15, -0.1) is 0 Å². The molecule has 2 aliphatic carbocycles. The van der Waals surface area contributed by atoms with Crippen LogP contribution in [-0.2, 0) is 0 Å². The molecule has 0 radical (unpaired) electrons. The first-order valence-corrected chi connectivity index (χ1v) is 8.18. The normalized spacial score (nSPS) is 39.9. The van der Waals surface area contributed by atoms with E-state index in [0.29, 0.717) is 5.92 Å². The predicted molar refractivity (Wildman–Crippen MR) is 77.5 cm³/mol. The molecule has 3 unspecified atom stereocenters. The molecule has 0 spiro atoms. The third-order valence-corrected chi connectivity index (χ3v) is 5.84. The van der Waals surface area contributed by atoms with E-state index in [4.69, 9.17) is 0 Å². The van der Waals surface area contributed by atoms with Gasteiger partial charge in [0.1, 0.15) is 0 Å². The predicted octanol–water partition coefficient (Wildman–Crippen LogP) is 4.43. The van der Waals surface area contributed by atoms with Crippen molar-refractivity contribution >= 4 is 0 Å². The van der Waals surface area contributed by atoms with Crippen LogP contribution in [-0.4, -0.2) is 10.7 Å². The molecule has 0 aromatic heterocycles. The van der Waals surface area contributed by atoms with Crippen LogP contribution in [0.15, 0.2) is 0 Å². The number of nitriles is 1. The fourth-order valence-corrected chi connectivity index (χ4v) is 4.49. The summed E-state index contributed by atoms with van der Waals surface area (Å²) in [6, 6.07) is 2.59. The van der Waals surface area contributed by atoms with E-state index in [-0.39, 0.29) is 5.92 Å². The van der Waals surface area contributed by atoms with Crippen LogP contribution in [0.25, 0.3) is 0 Å². The van der Waals surface area contributed by atoms with Gasteiger partial charge in [-0.3, -0.25) is 0 Å². The van der Waals surface area contributed by atoms with Crippen molar-refractivity contribution in [1.29, 1.82) is 5.26 Å². The molecule has 19 heavy (non-hydrogen) atoms.